The molecule has 0 aliphatic carbocycles. The maximum atomic E-state index is 5.79. The fourth-order valence-electron chi connectivity index (χ4n) is 1.52. The third-order valence-corrected chi connectivity index (χ3v) is 2.39. The van der Waals surface area contributed by atoms with Crippen LogP contribution in [0.25, 0.3) is 0 Å². The number of ether oxygens (including phenoxy) is 1. The zero-order valence-electron chi connectivity index (χ0n) is 7.98. The molecular weight excluding hydrogens is 202 g/mol. The van der Waals surface area contributed by atoms with Crippen molar-refractivity contribution < 1.29 is 4.74 Å². The van der Waals surface area contributed by atoms with Crippen molar-refractivity contribution in [1.29, 1.82) is 0 Å². The molecule has 1 aliphatic heterocycles. The van der Waals surface area contributed by atoms with Gasteiger partial charge < -0.3 is 9.64 Å². The lowest BCUT2D eigenvalue weighted by molar-refractivity contribution is 0.0529. The fraction of sp³-hybridized carbons (Fsp3) is 0.556. The molecule has 4 nitrogen and oxygen atoms in total. The second-order valence-electron chi connectivity index (χ2n) is 3.33. The molecule has 0 aromatic carbocycles. The molecular formula is C9H12ClN3O. The van der Waals surface area contributed by atoms with Gasteiger partial charge in [0, 0.05) is 19.2 Å². The van der Waals surface area contributed by atoms with E-state index in [1.165, 1.54) is 6.33 Å². The lowest BCUT2D eigenvalue weighted by Gasteiger charge is -2.31. The van der Waals surface area contributed by atoms with Gasteiger partial charge in [0.2, 0.25) is 0 Å². The Bertz CT molecular complexity index is 321. The van der Waals surface area contributed by atoms with E-state index in [-0.39, 0.29) is 6.10 Å². The first-order valence-electron chi connectivity index (χ1n) is 4.60. The Morgan fingerprint density at radius 2 is 2.43 bits per heavy atom. The highest BCUT2D eigenvalue weighted by molar-refractivity contribution is 6.29. The molecule has 1 fully saturated rings. The fourth-order valence-corrected chi connectivity index (χ4v) is 1.66. The van der Waals surface area contributed by atoms with Gasteiger partial charge in [0.1, 0.15) is 17.3 Å². The highest BCUT2D eigenvalue weighted by atomic mass is 35.5. The van der Waals surface area contributed by atoms with E-state index in [1.807, 2.05) is 0 Å². The number of rotatable bonds is 1. The zero-order chi connectivity index (χ0) is 9.97. The van der Waals surface area contributed by atoms with Crippen LogP contribution in [-0.2, 0) is 4.74 Å². The molecule has 0 spiro atoms. The van der Waals surface area contributed by atoms with Gasteiger partial charge in [-0.15, -0.1) is 0 Å². The molecule has 1 atom stereocenters. The molecule has 1 aliphatic rings. The lowest BCUT2D eigenvalue weighted by Crippen LogP contribution is -2.41. The van der Waals surface area contributed by atoms with Crippen LogP contribution in [0, 0.1) is 0 Å². The minimum Gasteiger partial charge on any atom is -0.375 e. The SMILES string of the molecule is C[C@@H]1CN(c2cc(Cl)ncn2)CCO1. The number of halogens is 1. The van der Waals surface area contributed by atoms with Crippen molar-refractivity contribution in [3.05, 3.63) is 17.5 Å². The predicted octanol–water partition coefficient (Wildman–Crippen LogP) is 1.36. The zero-order valence-corrected chi connectivity index (χ0v) is 8.74. The Morgan fingerprint density at radius 1 is 1.57 bits per heavy atom. The van der Waals surface area contributed by atoms with Gasteiger partial charge in [-0.1, -0.05) is 11.6 Å². The van der Waals surface area contributed by atoms with Crippen molar-refractivity contribution in [2.75, 3.05) is 24.6 Å². The second kappa shape index (κ2) is 4.11. The van der Waals surface area contributed by atoms with Crippen LogP contribution in [0.3, 0.4) is 0 Å². The van der Waals surface area contributed by atoms with E-state index >= 15 is 0 Å². The molecule has 76 valence electrons. The Morgan fingerprint density at radius 3 is 3.14 bits per heavy atom. The average Bonchev–Trinajstić information content (AvgIpc) is 2.18. The Hall–Kier alpha value is -0.870. The van der Waals surface area contributed by atoms with Gasteiger partial charge in [-0.3, -0.25) is 0 Å². The Labute approximate surface area is 87.9 Å². The molecule has 1 aromatic heterocycles. The highest BCUT2D eigenvalue weighted by Gasteiger charge is 2.17. The summed E-state index contributed by atoms with van der Waals surface area (Å²) in [6.45, 7) is 4.50. The van der Waals surface area contributed by atoms with Gasteiger partial charge in [-0.2, -0.15) is 0 Å². The summed E-state index contributed by atoms with van der Waals surface area (Å²) in [6, 6.07) is 1.78. The Kier molecular flexibility index (Phi) is 2.84. The maximum Gasteiger partial charge on any atom is 0.134 e. The van der Waals surface area contributed by atoms with Crippen molar-refractivity contribution in [3.8, 4) is 0 Å². The molecule has 0 saturated carbocycles. The van der Waals surface area contributed by atoms with Crippen LogP contribution < -0.4 is 4.90 Å². The Balaban J connectivity index is 2.14. The van der Waals surface area contributed by atoms with E-state index in [0.29, 0.717) is 5.15 Å². The van der Waals surface area contributed by atoms with Crippen LogP contribution in [0.4, 0.5) is 5.82 Å². The van der Waals surface area contributed by atoms with Crippen molar-refractivity contribution >= 4 is 17.4 Å². The van der Waals surface area contributed by atoms with Crippen LogP contribution in [0.15, 0.2) is 12.4 Å². The average molecular weight is 214 g/mol. The molecule has 0 amide bonds. The van der Waals surface area contributed by atoms with E-state index in [4.69, 9.17) is 16.3 Å². The first-order chi connectivity index (χ1) is 6.75. The standard InChI is InChI=1S/C9H12ClN3O/c1-7-5-13(2-3-14-7)9-4-8(10)11-6-12-9/h4,6-7H,2-3,5H2,1H3/t7-/m1/s1. The highest BCUT2D eigenvalue weighted by Crippen LogP contribution is 2.16. The number of aromatic nitrogens is 2. The van der Waals surface area contributed by atoms with Gasteiger partial charge in [-0.25, -0.2) is 9.97 Å². The maximum absolute atomic E-state index is 5.79. The molecule has 1 aromatic rings. The van der Waals surface area contributed by atoms with Gasteiger partial charge in [0.15, 0.2) is 0 Å². The van der Waals surface area contributed by atoms with Crippen molar-refractivity contribution in [2.45, 2.75) is 13.0 Å². The van der Waals surface area contributed by atoms with Gasteiger partial charge in [0.05, 0.1) is 12.7 Å². The number of nitrogens with zero attached hydrogens (tertiary/aromatic N) is 3. The molecule has 5 heteroatoms. The molecule has 14 heavy (non-hydrogen) atoms. The van der Waals surface area contributed by atoms with Crippen LogP contribution in [0.2, 0.25) is 5.15 Å². The molecule has 0 radical (unpaired) electrons. The smallest absolute Gasteiger partial charge is 0.134 e. The molecule has 0 bridgehead atoms. The van der Waals surface area contributed by atoms with E-state index in [2.05, 4.69) is 21.8 Å². The summed E-state index contributed by atoms with van der Waals surface area (Å²) in [6.07, 6.45) is 1.73. The number of morpholine rings is 1. The van der Waals surface area contributed by atoms with Gasteiger partial charge in [-0.05, 0) is 6.92 Å². The molecule has 1 saturated heterocycles. The summed E-state index contributed by atoms with van der Waals surface area (Å²) in [5.41, 5.74) is 0. The summed E-state index contributed by atoms with van der Waals surface area (Å²) in [5, 5.41) is 0.481. The molecule has 0 unspecified atom stereocenters. The van der Waals surface area contributed by atoms with Crippen molar-refractivity contribution in [3.63, 3.8) is 0 Å². The minimum absolute atomic E-state index is 0.248. The number of hydrogen-bond acceptors (Lipinski definition) is 4. The van der Waals surface area contributed by atoms with E-state index in [9.17, 15) is 0 Å². The number of hydrogen-bond donors (Lipinski definition) is 0. The quantitative estimate of drug-likeness (QED) is 0.661. The third kappa shape index (κ3) is 2.13. The summed E-state index contributed by atoms with van der Waals surface area (Å²) in [4.78, 5) is 10.2. The molecule has 2 rings (SSSR count). The van der Waals surface area contributed by atoms with Crippen molar-refractivity contribution in [1.82, 2.24) is 9.97 Å². The van der Waals surface area contributed by atoms with E-state index < -0.39 is 0 Å². The summed E-state index contributed by atoms with van der Waals surface area (Å²) in [7, 11) is 0. The van der Waals surface area contributed by atoms with Crippen LogP contribution in [0.5, 0.6) is 0 Å². The minimum atomic E-state index is 0.248. The number of anilines is 1. The van der Waals surface area contributed by atoms with E-state index in [0.717, 1.165) is 25.5 Å². The third-order valence-electron chi connectivity index (χ3n) is 2.18. The van der Waals surface area contributed by atoms with Crippen LogP contribution >= 0.6 is 11.6 Å². The molecule has 2 heterocycles. The summed E-state index contributed by atoms with van der Waals surface area (Å²) >= 11 is 5.79. The first-order valence-corrected chi connectivity index (χ1v) is 4.97. The van der Waals surface area contributed by atoms with Crippen LogP contribution in [-0.4, -0.2) is 35.8 Å². The largest absolute Gasteiger partial charge is 0.375 e. The summed E-state index contributed by atoms with van der Waals surface area (Å²) < 4.78 is 5.44. The lowest BCUT2D eigenvalue weighted by atomic mass is 10.3. The topological polar surface area (TPSA) is 38.2 Å². The van der Waals surface area contributed by atoms with E-state index in [1.54, 1.807) is 6.07 Å². The van der Waals surface area contributed by atoms with Gasteiger partial charge in [0.25, 0.3) is 0 Å². The monoisotopic (exact) mass is 213 g/mol. The predicted molar refractivity (Wildman–Crippen MR) is 54.7 cm³/mol. The van der Waals surface area contributed by atoms with Crippen LogP contribution in [0.1, 0.15) is 6.92 Å². The molecule has 0 N–H and O–H groups in total. The van der Waals surface area contributed by atoms with Gasteiger partial charge >= 0.3 is 0 Å². The van der Waals surface area contributed by atoms with Crippen molar-refractivity contribution in [2.24, 2.45) is 0 Å². The first kappa shape index (κ1) is 9.68. The second-order valence-corrected chi connectivity index (χ2v) is 3.71. The normalized spacial score (nSPS) is 22.4. The summed E-state index contributed by atoms with van der Waals surface area (Å²) in [5.74, 6) is 0.875.